The molecule has 0 aromatic heterocycles. The lowest BCUT2D eigenvalue weighted by molar-refractivity contribution is -0.132. The number of rotatable bonds is 6. The highest BCUT2D eigenvalue weighted by atomic mass is 35.5. The number of anilines is 2. The summed E-state index contributed by atoms with van der Waals surface area (Å²) >= 11 is 6.27. The van der Waals surface area contributed by atoms with E-state index in [4.69, 9.17) is 17.3 Å². The van der Waals surface area contributed by atoms with E-state index in [0.717, 1.165) is 35.7 Å². The van der Waals surface area contributed by atoms with Crippen molar-refractivity contribution in [3.05, 3.63) is 94.5 Å². The fourth-order valence-electron chi connectivity index (χ4n) is 4.47. The lowest BCUT2D eigenvalue weighted by atomic mass is 9.98. The number of nitrogen functional groups attached to an aromatic ring is 1. The molecule has 0 radical (unpaired) electrons. The van der Waals surface area contributed by atoms with Gasteiger partial charge in [0.25, 0.3) is 0 Å². The first-order chi connectivity index (χ1) is 15.5. The van der Waals surface area contributed by atoms with Gasteiger partial charge < -0.3 is 15.5 Å². The summed E-state index contributed by atoms with van der Waals surface area (Å²) in [5.41, 5.74) is 11.5. The molecule has 1 heterocycles. The van der Waals surface area contributed by atoms with Crippen molar-refractivity contribution in [2.75, 3.05) is 30.3 Å². The Morgan fingerprint density at radius 2 is 1.78 bits per heavy atom. The minimum absolute atomic E-state index is 0.0662. The predicted molar refractivity (Wildman–Crippen MR) is 133 cm³/mol. The van der Waals surface area contributed by atoms with Crippen molar-refractivity contribution in [1.82, 2.24) is 4.90 Å². The van der Waals surface area contributed by atoms with Crippen LogP contribution in [0.1, 0.15) is 36.1 Å². The Bertz CT molecular complexity index is 1050. The van der Waals surface area contributed by atoms with Gasteiger partial charge in [0.2, 0.25) is 5.91 Å². The summed E-state index contributed by atoms with van der Waals surface area (Å²) in [7, 11) is 0. The highest BCUT2D eigenvalue weighted by Crippen LogP contribution is 2.35. The molecular formula is C27H30ClN3O. The zero-order chi connectivity index (χ0) is 22.5. The molecule has 1 atom stereocenters. The van der Waals surface area contributed by atoms with Gasteiger partial charge in [0.05, 0.1) is 6.04 Å². The lowest BCUT2D eigenvalue weighted by Gasteiger charge is -2.44. The van der Waals surface area contributed by atoms with Crippen LogP contribution in [0.3, 0.4) is 0 Å². The number of halogens is 1. The molecule has 0 spiro atoms. The fraction of sp³-hybridized carbons (Fsp3) is 0.296. The van der Waals surface area contributed by atoms with Crippen LogP contribution in [0.5, 0.6) is 0 Å². The summed E-state index contributed by atoms with van der Waals surface area (Å²) in [6.45, 7) is 4.30. The molecule has 32 heavy (non-hydrogen) atoms. The van der Waals surface area contributed by atoms with E-state index in [1.165, 1.54) is 16.8 Å². The third-order valence-corrected chi connectivity index (χ3v) is 6.49. The lowest BCUT2D eigenvalue weighted by Crippen LogP contribution is -2.51. The van der Waals surface area contributed by atoms with Crippen molar-refractivity contribution in [2.24, 2.45) is 0 Å². The van der Waals surface area contributed by atoms with Crippen LogP contribution < -0.4 is 10.6 Å². The maximum Gasteiger partial charge on any atom is 0.223 e. The SMILES string of the molecule is CCc1cc(Cl)ccc1N1CCN(C(=O)CCc2ccccc2)CC1c1ccc(N)cc1. The molecule has 5 heteroatoms. The molecule has 3 aromatic carbocycles. The van der Waals surface area contributed by atoms with E-state index in [-0.39, 0.29) is 11.9 Å². The number of nitrogens with zero attached hydrogens (tertiary/aromatic N) is 2. The summed E-state index contributed by atoms with van der Waals surface area (Å²) < 4.78 is 0. The molecule has 0 saturated carbocycles. The fourth-order valence-corrected chi connectivity index (χ4v) is 4.67. The van der Waals surface area contributed by atoms with E-state index >= 15 is 0 Å². The van der Waals surface area contributed by atoms with Crippen LogP contribution in [0.4, 0.5) is 11.4 Å². The van der Waals surface area contributed by atoms with Crippen molar-refractivity contribution in [2.45, 2.75) is 32.2 Å². The second kappa shape index (κ2) is 10.1. The Labute approximate surface area is 195 Å². The van der Waals surface area contributed by atoms with Gasteiger partial charge in [0, 0.05) is 42.5 Å². The third-order valence-electron chi connectivity index (χ3n) is 6.26. The second-order valence-corrected chi connectivity index (χ2v) is 8.76. The number of carbonyl (C=O) groups excluding carboxylic acids is 1. The van der Waals surface area contributed by atoms with E-state index in [1.807, 2.05) is 47.4 Å². The highest BCUT2D eigenvalue weighted by Gasteiger charge is 2.31. The van der Waals surface area contributed by atoms with Crippen molar-refractivity contribution in [3.63, 3.8) is 0 Å². The summed E-state index contributed by atoms with van der Waals surface area (Å²) in [5, 5.41) is 0.754. The van der Waals surface area contributed by atoms with E-state index in [9.17, 15) is 4.79 Å². The van der Waals surface area contributed by atoms with Gasteiger partial charge in [0.15, 0.2) is 0 Å². The van der Waals surface area contributed by atoms with Crippen LogP contribution in [0.25, 0.3) is 0 Å². The molecule has 166 valence electrons. The van der Waals surface area contributed by atoms with E-state index in [1.54, 1.807) is 0 Å². The number of benzene rings is 3. The average molecular weight is 448 g/mol. The number of hydrogen-bond acceptors (Lipinski definition) is 3. The molecule has 4 rings (SSSR count). The molecule has 1 unspecified atom stereocenters. The number of nitrogens with two attached hydrogens (primary N) is 1. The van der Waals surface area contributed by atoms with Crippen molar-refractivity contribution in [1.29, 1.82) is 0 Å². The van der Waals surface area contributed by atoms with Gasteiger partial charge in [0.1, 0.15) is 0 Å². The Kier molecular flexibility index (Phi) is 7.01. The summed E-state index contributed by atoms with van der Waals surface area (Å²) in [6.07, 6.45) is 2.20. The van der Waals surface area contributed by atoms with Gasteiger partial charge in [-0.2, -0.15) is 0 Å². The second-order valence-electron chi connectivity index (χ2n) is 8.33. The minimum atomic E-state index is 0.0662. The van der Waals surface area contributed by atoms with Crippen LogP contribution >= 0.6 is 11.6 Å². The minimum Gasteiger partial charge on any atom is -0.399 e. The third kappa shape index (κ3) is 5.08. The van der Waals surface area contributed by atoms with E-state index < -0.39 is 0 Å². The van der Waals surface area contributed by atoms with Crippen LogP contribution in [0.15, 0.2) is 72.8 Å². The summed E-state index contributed by atoms with van der Waals surface area (Å²) in [5.74, 6) is 0.209. The molecule has 1 saturated heterocycles. The number of aryl methyl sites for hydroxylation is 2. The van der Waals surface area contributed by atoms with Crippen LogP contribution in [-0.2, 0) is 17.6 Å². The topological polar surface area (TPSA) is 49.6 Å². The molecule has 0 bridgehead atoms. The Hall–Kier alpha value is -2.98. The van der Waals surface area contributed by atoms with Crippen molar-refractivity contribution in [3.8, 4) is 0 Å². The largest absolute Gasteiger partial charge is 0.399 e. The van der Waals surface area contributed by atoms with Gasteiger partial charge in [-0.1, -0.05) is 61.0 Å². The average Bonchev–Trinajstić information content (AvgIpc) is 2.83. The Morgan fingerprint density at radius 1 is 1.03 bits per heavy atom. The summed E-state index contributed by atoms with van der Waals surface area (Å²) in [6, 6.07) is 24.4. The number of carbonyl (C=O) groups is 1. The van der Waals surface area contributed by atoms with Crippen LogP contribution in [0, 0.1) is 0 Å². The molecule has 1 fully saturated rings. The first-order valence-corrected chi connectivity index (χ1v) is 11.6. The van der Waals surface area contributed by atoms with E-state index in [2.05, 4.69) is 42.2 Å². The van der Waals surface area contributed by atoms with Gasteiger partial charge in [-0.3, -0.25) is 4.79 Å². The Balaban J connectivity index is 1.57. The smallest absolute Gasteiger partial charge is 0.223 e. The van der Waals surface area contributed by atoms with Gasteiger partial charge in [-0.05, 0) is 59.9 Å². The van der Waals surface area contributed by atoms with Gasteiger partial charge in [-0.15, -0.1) is 0 Å². The molecule has 1 aliphatic heterocycles. The van der Waals surface area contributed by atoms with Gasteiger partial charge >= 0.3 is 0 Å². The quantitative estimate of drug-likeness (QED) is 0.507. The first-order valence-electron chi connectivity index (χ1n) is 11.3. The molecule has 1 aliphatic rings. The predicted octanol–water partition coefficient (Wildman–Crippen LogP) is 5.51. The van der Waals surface area contributed by atoms with E-state index in [0.29, 0.717) is 19.5 Å². The number of amides is 1. The molecule has 2 N–H and O–H groups in total. The zero-order valence-electron chi connectivity index (χ0n) is 18.5. The first kappa shape index (κ1) is 22.2. The standard InChI is InChI=1S/C27H30ClN3O/c1-2-21-18-23(28)11-14-25(21)31-17-16-30(19-26(31)22-9-12-24(29)13-10-22)27(32)15-8-20-6-4-3-5-7-20/h3-7,9-14,18,26H,2,8,15-17,19,29H2,1H3. The summed E-state index contributed by atoms with van der Waals surface area (Å²) in [4.78, 5) is 17.5. The number of piperazine rings is 1. The zero-order valence-corrected chi connectivity index (χ0v) is 19.3. The molecular weight excluding hydrogens is 418 g/mol. The van der Waals surface area contributed by atoms with Crippen molar-refractivity contribution < 1.29 is 4.79 Å². The van der Waals surface area contributed by atoms with Crippen LogP contribution in [-0.4, -0.2) is 30.4 Å². The van der Waals surface area contributed by atoms with Crippen LogP contribution in [0.2, 0.25) is 5.02 Å². The molecule has 3 aromatic rings. The number of hydrogen-bond donors (Lipinski definition) is 1. The highest BCUT2D eigenvalue weighted by molar-refractivity contribution is 6.30. The normalized spacial score (nSPS) is 16.2. The maximum atomic E-state index is 13.1. The molecule has 1 amide bonds. The molecule has 0 aliphatic carbocycles. The molecule has 4 nitrogen and oxygen atoms in total. The Morgan fingerprint density at radius 3 is 2.50 bits per heavy atom. The van der Waals surface area contributed by atoms with Gasteiger partial charge in [-0.25, -0.2) is 0 Å². The van der Waals surface area contributed by atoms with Crippen molar-refractivity contribution >= 4 is 28.9 Å². The maximum absolute atomic E-state index is 13.1. The monoisotopic (exact) mass is 447 g/mol.